The van der Waals surface area contributed by atoms with Gasteiger partial charge in [-0.25, -0.2) is 0 Å². The second kappa shape index (κ2) is 28.2. The van der Waals surface area contributed by atoms with E-state index in [0.717, 1.165) is 0 Å². The van der Waals surface area contributed by atoms with Crippen molar-refractivity contribution in [1.29, 1.82) is 0 Å². The molecule has 0 N–H and O–H groups in total. The van der Waals surface area contributed by atoms with Crippen molar-refractivity contribution >= 4 is 0 Å². The molecular formula is AgHgO2. The normalized spacial score (nSPS) is 3.00. The molecule has 0 unspecified atom stereocenters. The van der Waals surface area contributed by atoms with Crippen LogP contribution >= 0.6 is 0 Å². The first-order chi connectivity index (χ1) is 2.00. The molecule has 0 bridgehead atoms. The molecule has 0 aromatic rings. The van der Waals surface area contributed by atoms with Crippen molar-refractivity contribution in [3.05, 3.63) is 0 Å². The summed E-state index contributed by atoms with van der Waals surface area (Å²) in [5.74, 6) is 0. The van der Waals surface area contributed by atoms with E-state index in [4.69, 9.17) is 5.89 Å². The maximum atomic E-state index is 8.44. The number of hydrogen-bond acceptors (Lipinski definition) is 2. The number of rotatable bonds is 0. The molecule has 0 saturated heterocycles. The molecule has 2 nitrogen and oxygen atoms in total. The Kier molecular flexibility index (Phi) is 63.4. The van der Waals surface area contributed by atoms with Crippen LogP contribution in [0.4, 0.5) is 0 Å². The fraction of sp³-hybridized carbons (Fsp3) is 0. The molecule has 0 aliphatic carbocycles. The van der Waals surface area contributed by atoms with Crippen molar-refractivity contribution < 1.29 is 53.1 Å². The molecule has 0 radical (unpaired) electrons. The minimum atomic E-state index is -0.222. The standard InChI is InChI=1S/Ag.Hg.2O. The summed E-state index contributed by atoms with van der Waals surface area (Å²) in [5.41, 5.74) is 0. The Hall–Kier alpha value is 1.28. The molecule has 0 aliphatic rings. The van der Waals surface area contributed by atoms with Crippen molar-refractivity contribution in [3.63, 3.8) is 0 Å². The first kappa shape index (κ1) is 8.99. The Bertz CT molecular complexity index is 8.00. The Morgan fingerprint density at radius 3 is 1.25 bits per heavy atom. The third-order valence-electron chi connectivity index (χ3n) is 0. The second-order valence-corrected chi connectivity index (χ2v) is 0. The zero-order valence-electron chi connectivity index (χ0n) is 1.83. The van der Waals surface area contributed by atoms with E-state index in [2.05, 4.69) is 0 Å². The van der Waals surface area contributed by atoms with E-state index in [0.29, 0.717) is 0 Å². The van der Waals surface area contributed by atoms with Crippen LogP contribution in [0.1, 0.15) is 0 Å². The minimum absolute atomic E-state index is 0.222. The van der Waals surface area contributed by atoms with Crippen LogP contribution in [-0.2, 0) is 53.1 Å². The summed E-state index contributed by atoms with van der Waals surface area (Å²) in [4.78, 5) is 0. The van der Waals surface area contributed by atoms with Gasteiger partial charge in [-0.3, -0.25) is 0 Å². The molecule has 0 aromatic carbocycles. The predicted octanol–water partition coefficient (Wildman–Crippen LogP) is -0.243. The molecule has 0 aromatic heterocycles. The molecule has 0 saturated carbocycles. The van der Waals surface area contributed by atoms with Crippen LogP contribution < -0.4 is 0 Å². The van der Waals surface area contributed by atoms with E-state index in [1.165, 1.54) is 0 Å². The average molecular weight is 340 g/mol. The van der Waals surface area contributed by atoms with E-state index in [-0.39, 0.29) is 26.1 Å². The van der Waals surface area contributed by atoms with E-state index < -0.39 is 0 Å². The van der Waals surface area contributed by atoms with Gasteiger partial charge in [-0.2, -0.15) is 0 Å². The van der Waals surface area contributed by atoms with Gasteiger partial charge in [-0.05, 0) is 0 Å². The second-order valence-electron chi connectivity index (χ2n) is 0. The van der Waals surface area contributed by atoms with Gasteiger partial charge >= 0.3 is 53.1 Å². The van der Waals surface area contributed by atoms with Gasteiger partial charge in [0.1, 0.15) is 0 Å². The average Bonchev–Trinajstić information content (AvgIpc) is 1.50. The molecule has 25 valence electrons. The Balaban J connectivity index is 0. The van der Waals surface area contributed by atoms with Crippen LogP contribution in [0.5, 0.6) is 0 Å². The zero-order chi connectivity index (χ0) is 4.00. The molecular weight excluding hydrogens is 340 g/mol. The summed E-state index contributed by atoms with van der Waals surface area (Å²) < 4.78 is 16.5. The monoisotopic (exact) mass is 341 g/mol. The van der Waals surface area contributed by atoms with Crippen molar-refractivity contribution in [3.8, 4) is 0 Å². The molecule has 0 aliphatic heterocycles. The van der Waals surface area contributed by atoms with Crippen molar-refractivity contribution in [2.75, 3.05) is 0 Å². The van der Waals surface area contributed by atoms with Gasteiger partial charge in [-0.15, -0.1) is 0 Å². The fourth-order valence-corrected chi connectivity index (χ4v) is 0. The Labute approximate surface area is 52.7 Å². The first-order valence-corrected chi connectivity index (χ1v) is 3.26. The van der Waals surface area contributed by atoms with Gasteiger partial charge < -0.3 is 0 Å². The van der Waals surface area contributed by atoms with Crippen LogP contribution in [0.3, 0.4) is 0 Å². The third kappa shape index (κ3) is 10.4. The molecule has 0 heterocycles. The van der Waals surface area contributed by atoms with Crippen molar-refractivity contribution in [2.24, 2.45) is 0 Å². The quantitative estimate of drug-likeness (QED) is 0.571. The van der Waals surface area contributed by atoms with Crippen LogP contribution in [0, 0.1) is 0 Å². The van der Waals surface area contributed by atoms with Gasteiger partial charge in [0.25, 0.3) is 0 Å². The summed E-state index contributed by atoms with van der Waals surface area (Å²) >= 11 is 1.48. The third-order valence-corrected chi connectivity index (χ3v) is 0. The van der Waals surface area contributed by atoms with Crippen LogP contribution in [0.2, 0.25) is 0 Å². The van der Waals surface area contributed by atoms with Crippen molar-refractivity contribution in [1.82, 2.24) is 0 Å². The molecule has 0 rings (SSSR count). The van der Waals surface area contributed by atoms with Gasteiger partial charge in [0.15, 0.2) is 0 Å². The number of hydrogen-bond donors (Lipinski definition) is 0. The van der Waals surface area contributed by atoms with Gasteiger partial charge in [0.2, 0.25) is 0 Å². The van der Waals surface area contributed by atoms with E-state index >= 15 is 0 Å². The maximum absolute atomic E-state index is 8.44. The fourth-order valence-electron chi connectivity index (χ4n) is 0. The molecule has 0 fully saturated rings. The summed E-state index contributed by atoms with van der Waals surface area (Å²) in [6.07, 6.45) is 0. The summed E-state index contributed by atoms with van der Waals surface area (Å²) in [5, 5.41) is 0. The van der Waals surface area contributed by atoms with Crippen LogP contribution in [-0.4, -0.2) is 0 Å². The summed E-state index contributed by atoms with van der Waals surface area (Å²) in [6.45, 7) is 0. The molecule has 0 spiro atoms. The summed E-state index contributed by atoms with van der Waals surface area (Å²) in [7, 11) is 0. The van der Waals surface area contributed by atoms with Crippen molar-refractivity contribution in [2.45, 2.75) is 0 Å². The van der Waals surface area contributed by atoms with Crippen LogP contribution in [0.25, 0.3) is 0 Å². The SMILES string of the molecule is [O]=[Ag].[O]=[Hg]. The van der Waals surface area contributed by atoms with Gasteiger partial charge in [0, 0.05) is 0 Å². The topological polar surface area (TPSA) is 34.1 Å². The zero-order valence-corrected chi connectivity index (χ0v) is 8.81. The molecule has 0 amide bonds. The predicted molar refractivity (Wildman–Crippen MR) is 1.37 cm³/mol. The van der Waals surface area contributed by atoms with E-state index in [1.54, 1.807) is 21.0 Å². The van der Waals surface area contributed by atoms with E-state index in [9.17, 15) is 0 Å². The van der Waals surface area contributed by atoms with Gasteiger partial charge in [0.05, 0.1) is 0 Å². The molecule has 0 atom stereocenters. The summed E-state index contributed by atoms with van der Waals surface area (Å²) in [6, 6.07) is 0. The molecule has 4 heteroatoms. The Morgan fingerprint density at radius 2 is 1.25 bits per heavy atom. The first-order valence-electron chi connectivity index (χ1n) is 0.412. The molecule has 4 heavy (non-hydrogen) atoms. The Morgan fingerprint density at radius 1 is 1.25 bits per heavy atom. The van der Waals surface area contributed by atoms with E-state index in [1.807, 2.05) is 0 Å². The van der Waals surface area contributed by atoms with Gasteiger partial charge in [-0.1, -0.05) is 0 Å². The van der Waals surface area contributed by atoms with Crippen LogP contribution in [0.15, 0.2) is 0 Å².